The van der Waals surface area contributed by atoms with Crippen LogP contribution >= 0.6 is 31.9 Å². The first-order valence-corrected chi connectivity index (χ1v) is 8.51. The van der Waals surface area contributed by atoms with Gasteiger partial charge >= 0.3 is 0 Å². The van der Waals surface area contributed by atoms with Crippen molar-refractivity contribution in [3.8, 4) is 0 Å². The Morgan fingerprint density at radius 1 is 1.05 bits per heavy atom. The topological polar surface area (TPSA) is 50.3 Å². The number of hydrogen-bond donors (Lipinski definition) is 0. The maximum atomic E-state index is 12.7. The zero-order valence-corrected chi connectivity index (χ0v) is 13.6. The molecule has 2 amide bonds. The summed E-state index contributed by atoms with van der Waals surface area (Å²) < 4.78 is 0. The van der Waals surface area contributed by atoms with E-state index in [0.29, 0.717) is 5.82 Å². The van der Waals surface area contributed by atoms with Gasteiger partial charge in [-0.3, -0.25) is 9.59 Å². The molecule has 3 aliphatic rings. The number of rotatable bonds is 1. The van der Waals surface area contributed by atoms with Gasteiger partial charge in [-0.2, -0.15) is 0 Å². The van der Waals surface area contributed by atoms with Gasteiger partial charge in [0.05, 0.1) is 11.8 Å². The molecule has 4 nitrogen and oxygen atoms in total. The highest BCUT2D eigenvalue weighted by Gasteiger charge is 2.66. The third kappa shape index (κ3) is 1.49. The second-order valence-electron chi connectivity index (χ2n) is 5.70. The van der Waals surface area contributed by atoms with E-state index in [1.165, 1.54) is 4.90 Å². The number of imide groups is 1. The number of fused-ring (bicyclic) bond motifs is 5. The molecule has 0 spiro atoms. The average Bonchev–Trinajstić information content (AvgIpc) is 3.05. The van der Waals surface area contributed by atoms with Gasteiger partial charge in [0.15, 0.2) is 0 Å². The zero-order valence-electron chi connectivity index (χ0n) is 10.4. The number of hydrogen-bond acceptors (Lipinski definition) is 3. The fourth-order valence-electron chi connectivity index (χ4n) is 4.06. The second kappa shape index (κ2) is 4.37. The number of amides is 2. The smallest absolute Gasteiger partial charge is 0.239 e. The van der Waals surface area contributed by atoms with E-state index in [0.717, 1.165) is 6.42 Å². The van der Waals surface area contributed by atoms with E-state index in [2.05, 4.69) is 36.8 Å². The van der Waals surface area contributed by atoms with Crippen molar-refractivity contribution in [2.75, 3.05) is 4.90 Å². The molecular weight excluding hydrogens is 388 g/mol. The maximum Gasteiger partial charge on any atom is 0.239 e. The Bertz CT molecular complexity index is 562. The third-order valence-corrected chi connectivity index (χ3v) is 8.07. The van der Waals surface area contributed by atoms with Gasteiger partial charge < -0.3 is 0 Å². The van der Waals surface area contributed by atoms with Gasteiger partial charge in [0.25, 0.3) is 0 Å². The molecule has 1 aliphatic heterocycles. The summed E-state index contributed by atoms with van der Waals surface area (Å²) >= 11 is 7.35. The number of pyridine rings is 1. The SMILES string of the molecule is O=C1[C@@H]2[C@H]3C[C@@H]([C@H](Br)[C@@H]3Br)[C@@H]2C(=O)N1c1ccccn1. The molecule has 2 bridgehead atoms. The van der Waals surface area contributed by atoms with E-state index in [4.69, 9.17) is 0 Å². The van der Waals surface area contributed by atoms with Gasteiger partial charge in [0.2, 0.25) is 11.8 Å². The molecule has 3 fully saturated rings. The summed E-state index contributed by atoms with van der Waals surface area (Å²) in [5.41, 5.74) is 0. The van der Waals surface area contributed by atoms with Crippen molar-refractivity contribution in [3.63, 3.8) is 0 Å². The molecule has 6 atom stereocenters. The monoisotopic (exact) mass is 398 g/mol. The summed E-state index contributed by atoms with van der Waals surface area (Å²) in [5.74, 6) is 0.457. The first-order valence-electron chi connectivity index (χ1n) is 6.68. The van der Waals surface area contributed by atoms with Crippen LogP contribution in [0.3, 0.4) is 0 Å². The van der Waals surface area contributed by atoms with Crippen LogP contribution in [-0.2, 0) is 9.59 Å². The average molecular weight is 400 g/mol. The van der Waals surface area contributed by atoms with E-state index in [-0.39, 0.29) is 45.1 Å². The summed E-state index contributed by atoms with van der Waals surface area (Å²) in [7, 11) is 0. The molecule has 1 aromatic rings. The number of anilines is 1. The highest BCUT2D eigenvalue weighted by Crippen LogP contribution is 2.60. The molecule has 104 valence electrons. The summed E-state index contributed by atoms with van der Waals surface area (Å²) in [6.45, 7) is 0. The third-order valence-electron chi connectivity index (χ3n) is 4.87. The van der Waals surface area contributed by atoms with Crippen LogP contribution in [0.1, 0.15) is 6.42 Å². The molecular formula is C14H12Br2N2O2. The van der Waals surface area contributed by atoms with Crippen molar-refractivity contribution in [1.29, 1.82) is 0 Å². The number of carbonyl (C=O) groups is 2. The number of halogens is 2. The van der Waals surface area contributed by atoms with Crippen molar-refractivity contribution >= 4 is 49.5 Å². The van der Waals surface area contributed by atoms with E-state index >= 15 is 0 Å². The Morgan fingerprint density at radius 2 is 1.65 bits per heavy atom. The van der Waals surface area contributed by atoms with E-state index < -0.39 is 0 Å². The van der Waals surface area contributed by atoms with Crippen molar-refractivity contribution in [1.82, 2.24) is 4.98 Å². The molecule has 0 radical (unpaired) electrons. The van der Waals surface area contributed by atoms with Crippen LogP contribution in [0.25, 0.3) is 0 Å². The number of alkyl halides is 2. The van der Waals surface area contributed by atoms with Crippen molar-refractivity contribution in [3.05, 3.63) is 24.4 Å². The molecule has 20 heavy (non-hydrogen) atoms. The van der Waals surface area contributed by atoms with Gasteiger partial charge in [-0.1, -0.05) is 37.9 Å². The molecule has 0 unspecified atom stereocenters. The summed E-state index contributed by atoms with van der Waals surface area (Å²) in [4.78, 5) is 31.3. The van der Waals surface area contributed by atoms with Crippen LogP contribution in [0.4, 0.5) is 5.82 Å². The van der Waals surface area contributed by atoms with Crippen molar-refractivity contribution in [2.45, 2.75) is 16.1 Å². The molecule has 2 aliphatic carbocycles. The van der Waals surface area contributed by atoms with Crippen molar-refractivity contribution in [2.24, 2.45) is 23.7 Å². The molecule has 4 rings (SSSR count). The highest BCUT2D eigenvalue weighted by molar-refractivity contribution is 9.12. The lowest BCUT2D eigenvalue weighted by Gasteiger charge is -2.28. The van der Waals surface area contributed by atoms with Gasteiger partial charge in [0, 0.05) is 15.9 Å². The minimum Gasteiger partial charge on any atom is -0.274 e. The number of aromatic nitrogens is 1. The molecule has 1 aromatic heterocycles. The van der Waals surface area contributed by atoms with Crippen LogP contribution in [0.5, 0.6) is 0 Å². The summed E-state index contributed by atoms with van der Waals surface area (Å²) in [6.07, 6.45) is 2.56. The second-order valence-corrected chi connectivity index (χ2v) is 7.82. The molecule has 6 heteroatoms. The normalized spacial score (nSPS) is 42.4. The molecule has 0 aromatic carbocycles. The minimum atomic E-state index is -0.173. The zero-order chi connectivity index (χ0) is 14.0. The maximum absolute atomic E-state index is 12.7. The molecule has 1 saturated heterocycles. The molecule has 2 heterocycles. The minimum absolute atomic E-state index is 0.0740. The van der Waals surface area contributed by atoms with Gasteiger partial charge in [-0.25, -0.2) is 9.88 Å². The molecule has 0 N–H and O–H groups in total. The van der Waals surface area contributed by atoms with Crippen LogP contribution in [-0.4, -0.2) is 26.5 Å². The predicted octanol–water partition coefficient (Wildman–Crippen LogP) is 2.36. The lowest BCUT2D eigenvalue weighted by molar-refractivity contribution is -0.123. The van der Waals surface area contributed by atoms with Gasteiger partial charge in [-0.15, -0.1) is 0 Å². The Balaban J connectivity index is 1.75. The quantitative estimate of drug-likeness (QED) is 0.538. The number of nitrogens with zero attached hydrogens (tertiary/aromatic N) is 2. The largest absolute Gasteiger partial charge is 0.274 e. The van der Waals surface area contributed by atoms with Crippen LogP contribution in [0.2, 0.25) is 0 Å². The summed E-state index contributed by atoms with van der Waals surface area (Å²) in [5, 5.41) is 0. The first-order chi connectivity index (χ1) is 9.61. The first kappa shape index (κ1) is 13.0. The Kier molecular flexibility index (Phi) is 2.83. The Labute approximate surface area is 133 Å². The predicted molar refractivity (Wildman–Crippen MR) is 80.7 cm³/mol. The fourth-order valence-corrected chi connectivity index (χ4v) is 5.93. The van der Waals surface area contributed by atoms with Crippen LogP contribution in [0, 0.1) is 23.7 Å². The van der Waals surface area contributed by atoms with Crippen LogP contribution < -0.4 is 4.90 Å². The van der Waals surface area contributed by atoms with E-state index in [1.807, 2.05) is 0 Å². The lowest BCUT2D eigenvalue weighted by Crippen LogP contribution is -2.37. The fraction of sp³-hybridized carbons (Fsp3) is 0.500. The number of carbonyl (C=O) groups excluding carboxylic acids is 2. The Morgan fingerprint density at radius 3 is 2.15 bits per heavy atom. The van der Waals surface area contributed by atoms with Crippen LogP contribution in [0.15, 0.2) is 24.4 Å². The highest BCUT2D eigenvalue weighted by atomic mass is 79.9. The summed E-state index contributed by atoms with van der Waals surface area (Å²) in [6, 6.07) is 5.30. The van der Waals surface area contributed by atoms with E-state index in [9.17, 15) is 9.59 Å². The van der Waals surface area contributed by atoms with E-state index in [1.54, 1.807) is 24.4 Å². The lowest BCUT2D eigenvalue weighted by atomic mass is 9.81. The standard InChI is InChI=1S/C14H12Br2N2O2/c15-11-6-5-7(12(11)16)10-9(6)13(19)18(14(10)20)8-3-1-2-4-17-8/h1-4,6-7,9-12H,5H2/t6-,7-,9-,10+,11-,12+/m1/s1. The van der Waals surface area contributed by atoms with Gasteiger partial charge in [-0.05, 0) is 30.4 Å². The van der Waals surface area contributed by atoms with Gasteiger partial charge in [0.1, 0.15) is 5.82 Å². The van der Waals surface area contributed by atoms with Crippen molar-refractivity contribution < 1.29 is 9.59 Å². The molecule has 2 saturated carbocycles. The Hall–Kier alpha value is -0.750.